The Labute approximate surface area is 102 Å². The zero-order valence-corrected chi connectivity index (χ0v) is 10.6. The largest absolute Gasteiger partial charge is 0.352 e. The van der Waals surface area contributed by atoms with Crippen molar-refractivity contribution in [2.75, 3.05) is 0 Å². The van der Waals surface area contributed by atoms with Gasteiger partial charge in [-0.2, -0.15) is 0 Å². The fraction of sp³-hybridized carbons (Fsp3) is 0.385. The normalized spacial score (nSPS) is 10.8. The first-order valence-electron chi connectivity index (χ1n) is 5.76. The fourth-order valence-electron chi connectivity index (χ4n) is 1.86. The van der Waals surface area contributed by atoms with Crippen molar-refractivity contribution in [3.63, 3.8) is 0 Å². The third-order valence-electron chi connectivity index (χ3n) is 3.14. The topological polar surface area (TPSA) is 42.7 Å². The highest BCUT2D eigenvalue weighted by atomic mass is 15.0. The molecule has 0 saturated heterocycles. The summed E-state index contributed by atoms with van der Waals surface area (Å²) in [5.41, 5.74) is 4.98. The lowest BCUT2D eigenvalue weighted by atomic mass is 10.2. The lowest BCUT2D eigenvalue weighted by Crippen LogP contribution is -2.14. The minimum absolute atomic E-state index is 0.774. The van der Waals surface area contributed by atoms with Crippen molar-refractivity contribution in [1.82, 2.24) is 19.9 Å². The number of hydrogen-bond donors (Lipinski definition) is 1. The van der Waals surface area contributed by atoms with Gasteiger partial charge in [0.2, 0.25) is 0 Å². The zero-order valence-electron chi connectivity index (χ0n) is 10.6. The second kappa shape index (κ2) is 5.10. The van der Waals surface area contributed by atoms with Gasteiger partial charge < -0.3 is 9.88 Å². The first-order chi connectivity index (χ1) is 8.18. The number of aromatic nitrogens is 3. The Hall–Kier alpha value is -1.68. The van der Waals surface area contributed by atoms with Crippen molar-refractivity contribution in [3.05, 3.63) is 47.3 Å². The van der Waals surface area contributed by atoms with Crippen LogP contribution in [-0.2, 0) is 20.1 Å². The van der Waals surface area contributed by atoms with E-state index in [-0.39, 0.29) is 0 Å². The molecular weight excluding hydrogens is 212 g/mol. The molecule has 90 valence electrons. The van der Waals surface area contributed by atoms with E-state index in [1.165, 1.54) is 17.0 Å². The van der Waals surface area contributed by atoms with Crippen molar-refractivity contribution in [2.24, 2.45) is 7.05 Å². The molecule has 17 heavy (non-hydrogen) atoms. The summed E-state index contributed by atoms with van der Waals surface area (Å²) < 4.78 is 2.21. The monoisotopic (exact) mass is 230 g/mol. The number of nitrogens with zero attached hydrogens (tertiary/aromatic N) is 3. The minimum atomic E-state index is 0.774. The maximum atomic E-state index is 4.18. The summed E-state index contributed by atoms with van der Waals surface area (Å²) in [4.78, 5) is 8.07. The number of nitrogens with one attached hydrogen (secondary N) is 1. The van der Waals surface area contributed by atoms with Crippen molar-refractivity contribution in [1.29, 1.82) is 0 Å². The average molecular weight is 230 g/mol. The summed E-state index contributed by atoms with van der Waals surface area (Å²) in [6, 6.07) is 4.15. The summed E-state index contributed by atoms with van der Waals surface area (Å²) in [6.07, 6.45) is 3.34. The molecule has 0 saturated carbocycles. The molecule has 4 heteroatoms. The van der Waals surface area contributed by atoms with E-state index in [0.29, 0.717) is 0 Å². The van der Waals surface area contributed by atoms with Crippen LogP contribution in [-0.4, -0.2) is 14.5 Å². The Balaban J connectivity index is 1.92. The van der Waals surface area contributed by atoms with Gasteiger partial charge in [-0.25, -0.2) is 9.97 Å². The van der Waals surface area contributed by atoms with E-state index in [0.717, 1.165) is 18.8 Å². The van der Waals surface area contributed by atoms with Gasteiger partial charge >= 0.3 is 0 Å². The summed E-state index contributed by atoms with van der Waals surface area (Å²) >= 11 is 0. The highest BCUT2D eigenvalue weighted by Crippen LogP contribution is 2.12. The number of rotatable bonds is 4. The molecule has 0 aliphatic carbocycles. The first kappa shape index (κ1) is 11.8. The Kier molecular flexibility index (Phi) is 3.54. The van der Waals surface area contributed by atoms with Crippen LogP contribution in [0.25, 0.3) is 0 Å². The smallest absolute Gasteiger partial charge is 0.115 e. The molecule has 0 atom stereocenters. The Morgan fingerprint density at radius 2 is 2.12 bits per heavy atom. The maximum Gasteiger partial charge on any atom is 0.115 e. The molecule has 2 rings (SSSR count). The summed E-state index contributed by atoms with van der Waals surface area (Å²) in [7, 11) is 2.10. The Morgan fingerprint density at radius 1 is 1.29 bits per heavy atom. The molecular formula is C13H18N4. The zero-order chi connectivity index (χ0) is 12.3. The fourth-order valence-corrected chi connectivity index (χ4v) is 1.86. The Bertz CT molecular complexity index is 488. The third-order valence-corrected chi connectivity index (χ3v) is 3.14. The first-order valence-corrected chi connectivity index (χ1v) is 5.76. The van der Waals surface area contributed by atoms with E-state index >= 15 is 0 Å². The van der Waals surface area contributed by atoms with Crippen LogP contribution in [0.5, 0.6) is 0 Å². The minimum Gasteiger partial charge on any atom is -0.352 e. The van der Waals surface area contributed by atoms with Gasteiger partial charge in [0.15, 0.2) is 0 Å². The molecule has 0 bridgehead atoms. The second-order valence-electron chi connectivity index (χ2n) is 4.26. The number of aryl methyl sites for hydroxylation is 1. The van der Waals surface area contributed by atoms with Gasteiger partial charge in [0.1, 0.15) is 6.33 Å². The molecule has 2 heterocycles. The maximum absolute atomic E-state index is 4.18. The van der Waals surface area contributed by atoms with Crippen molar-refractivity contribution < 1.29 is 0 Å². The molecule has 2 aromatic heterocycles. The molecule has 4 nitrogen and oxygen atoms in total. The van der Waals surface area contributed by atoms with Gasteiger partial charge in [0.05, 0.1) is 5.69 Å². The van der Waals surface area contributed by atoms with Gasteiger partial charge in [-0.15, -0.1) is 0 Å². The number of hydrogen-bond acceptors (Lipinski definition) is 3. The van der Waals surface area contributed by atoms with Crippen LogP contribution >= 0.6 is 0 Å². The molecule has 0 aliphatic heterocycles. The van der Waals surface area contributed by atoms with Crippen LogP contribution in [0.15, 0.2) is 24.7 Å². The predicted molar refractivity (Wildman–Crippen MR) is 67.5 cm³/mol. The highest BCUT2D eigenvalue weighted by Gasteiger charge is 2.05. The van der Waals surface area contributed by atoms with E-state index in [9.17, 15) is 0 Å². The van der Waals surface area contributed by atoms with Gasteiger partial charge in [-0.1, -0.05) is 0 Å². The van der Waals surface area contributed by atoms with Crippen LogP contribution in [0, 0.1) is 13.8 Å². The molecule has 0 amide bonds. The Morgan fingerprint density at radius 3 is 2.71 bits per heavy atom. The lowest BCUT2D eigenvalue weighted by Gasteiger charge is -2.04. The second-order valence-corrected chi connectivity index (χ2v) is 4.26. The van der Waals surface area contributed by atoms with Gasteiger partial charge in [-0.05, 0) is 31.5 Å². The standard InChI is InChI=1S/C13H18N4/c1-10-6-12(11(2)17(10)3)7-15-8-13-4-5-14-9-16-13/h4-6,9,15H,7-8H2,1-3H3. The molecule has 2 aromatic rings. The van der Waals surface area contributed by atoms with E-state index < -0.39 is 0 Å². The van der Waals surface area contributed by atoms with Crippen molar-refractivity contribution in [2.45, 2.75) is 26.9 Å². The van der Waals surface area contributed by atoms with E-state index in [2.05, 4.69) is 46.8 Å². The highest BCUT2D eigenvalue weighted by molar-refractivity contribution is 5.26. The predicted octanol–water partition coefficient (Wildman–Crippen LogP) is 1.72. The quantitative estimate of drug-likeness (QED) is 0.869. The van der Waals surface area contributed by atoms with E-state index in [1.54, 1.807) is 12.5 Å². The van der Waals surface area contributed by atoms with Gasteiger partial charge in [-0.3, -0.25) is 0 Å². The molecule has 0 fully saturated rings. The van der Waals surface area contributed by atoms with Crippen molar-refractivity contribution in [3.8, 4) is 0 Å². The molecule has 0 unspecified atom stereocenters. The van der Waals surface area contributed by atoms with Crippen LogP contribution in [0.1, 0.15) is 22.6 Å². The lowest BCUT2D eigenvalue weighted by molar-refractivity contribution is 0.672. The van der Waals surface area contributed by atoms with Crippen LogP contribution in [0.4, 0.5) is 0 Å². The van der Waals surface area contributed by atoms with Gasteiger partial charge in [0.25, 0.3) is 0 Å². The van der Waals surface area contributed by atoms with Crippen LogP contribution in [0.3, 0.4) is 0 Å². The van der Waals surface area contributed by atoms with E-state index in [1.807, 2.05) is 6.07 Å². The van der Waals surface area contributed by atoms with Crippen molar-refractivity contribution >= 4 is 0 Å². The summed E-state index contributed by atoms with van der Waals surface area (Å²) in [5, 5.41) is 3.40. The van der Waals surface area contributed by atoms with Crippen LogP contribution < -0.4 is 5.32 Å². The molecule has 1 N–H and O–H groups in total. The van der Waals surface area contributed by atoms with E-state index in [4.69, 9.17) is 0 Å². The molecule has 0 spiro atoms. The summed E-state index contributed by atoms with van der Waals surface area (Å²) in [6.45, 7) is 5.92. The molecule has 0 aromatic carbocycles. The molecule has 0 aliphatic rings. The average Bonchev–Trinajstić information content (AvgIpc) is 2.59. The summed E-state index contributed by atoms with van der Waals surface area (Å²) in [5.74, 6) is 0. The van der Waals surface area contributed by atoms with Gasteiger partial charge in [0, 0.05) is 37.7 Å². The SMILES string of the molecule is Cc1cc(CNCc2ccncn2)c(C)n1C. The van der Waals surface area contributed by atoms with Crippen LogP contribution in [0.2, 0.25) is 0 Å². The molecule has 0 radical (unpaired) electrons. The third kappa shape index (κ3) is 2.71.